The number of hydrogen-bond acceptors (Lipinski definition) is 5. The van der Waals surface area contributed by atoms with Gasteiger partial charge in [0.05, 0.1) is 0 Å². The second-order valence-electron chi connectivity index (χ2n) is 7.13. The van der Waals surface area contributed by atoms with Crippen LogP contribution in [-0.4, -0.2) is 69.4 Å². The summed E-state index contributed by atoms with van der Waals surface area (Å²) in [7, 11) is 0. The zero-order valence-corrected chi connectivity index (χ0v) is 16.4. The number of carbonyl (C=O) groups excluding carboxylic acids is 1. The van der Waals surface area contributed by atoms with E-state index in [4.69, 9.17) is 9.90 Å². The molecule has 162 valence electrons. The minimum Gasteiger partial charge on any atom is -0.475 e. The van der Waals surface area contributed by atoms with Crippen LogP contribution in [0.5, 0.6) is 0 Å². The van der Waals surface area contributed by atoms with Gasteiger partial charge in [0.15, 0.2) is 5.69 Å². The van der Waals surface area contributed by atoms with E-state index in [0.29, 0.717) is 5.69 Å². The summed E-state index contributed by atoms with van der Waals surface area (Å²) in [4.78, 5) is 30.0. The molecule has 1 fully saturated rings. The molecule has 4 rings (SSSR count). The molecule has 1 aliphatic heterocycles. The molecule has 0 unspecified atom stereocenters. The molecule has 0 spiro atoms. The predicted octanol–water partition coefficient (Wildman–Crippen LogP) is 2.20. The van der Waals surface area contributed by atoms with Gasteiger partial charge in [-0.25, -0.2) is 4.79 Å². The van der Waals surface area contributed by atoms with Crippen molar-refractivity contribution in [1.82, 2.24) is 20.1 Å². The number of anilines is 1. The fourth-order valence-electron chi connectivity index (χ4n) is 3.62. The largest absolute Gasteiger partial charge is 0.490 e. The van der Waals surface area contributed by atoms with Crippen LogP contribution >= 0.6 is 0 Å². The monoisotopic (exact) mass is 425 g/mol. The van der Waals surface area contributed by atoms with Crippen molar-refractivity contribution < 1.29 is 27.9 Å². The lowest BCUT2D eigenvalue weighted by molar-refractivity contribution is -0.192. The number of aliphatic carboxylic acids is 1. The normalized spacial score (nSPS) is 16.0. The van der Waals surface area contributed by atoms with Crippen molar-refractivity contribution in [2.45, 2.75) is 32.4 Å². The highest BCUT2D eigenvalue weighted by molar-refractivity contribution is 5.94. The number of alkyl halides is 3. The summed E-state index contributed by atoms with van der Waals surface area (Å²) in [6, 6.07) is 2.05. The Hall–Kier alpha value is -3.11. The summed E-state index contributed by atoms with van der Waals surface area (Å²) < 4.78 is 31.7. The van der Waals surface area contributed by atoms with Gasteiger partial charge in [0.2, 0.25) is 0 Å². The number of aromatic amines is 1. The molecule has 1 amide bonds. The first-order valence-electron chi connectivity index (χ1n) is 9.49. The van der Waals surface area contributed by atoms with E-state index in [9.17, 15) is 18.0 Å². The van der Waals surface area contributed by atoms with Crippen molar-refractivity contribution in [3.05, 3.63) is 41.0 Å². The quantitative estimate of drug-likeness (QED) is 0.765. The zero-order valence-electron chi connectivity index (χ0n) is 16.4. The minimum absolute atomic E-state index is 0.0792. The second-order valence-corrected chi connectivity index (χ2v) is 7.13. The molecule has 0 radical (unpaired) electrons. The molecule has 0 aromatic carbocycles. The number of piperazine rings is 1. The highest BCUT2D eigenvalue weighted by Crippen LogP contribution is 2.25. The Bertz CT molecular complexity index is 920. The third-order valence-corrected chi connectivity index (χ3v) is 5.15. The van der Waals surface area contributed by atoms with Crippen LogP contribution in [-0.2, 0) is 17.6 Å². The first kappa shape index (κ1) is 21.6. The van der Waals surface area contributed by atoms with Crippen LogP contribution in [0.15, 0.2) is 18.5 Å². The van der Waals surface area contributed by atoms with Crippen LogP contribution in [0.1, 0.15) is 33.7 Å². The van der Waals surface area contributed by atoms with Gasteiger partial charge in [-0.3, -0.25) is 14.9 Å². The predicted molar refractivity (Wildman–Crippen MR) is 101 cm³/mol. The minimum atomic E-state index is -5.08. The van der Waals surface area contributed by atoms with Crippen molar-refractivity contribution in [3.8, 4) is 0 Å². The van der Waals surface area contributed by atoms with Gasteiger partial charge in [0.1, 0.15) is 0 Å². The molecule has 0 saturated carbocycles. The van der Waals surface area contributed by atoms with Crippen LogP contribution in [0.4, 0.5) is 18.9 Å². The van der Waals surface area contributed by atoms with Crippen LogP contribution in [0.2, 0.25) is 0 Å². The Kier molecular flexibility index (Phi) is 6.28. The lowest BCUT2D eigenvalue weighted by Crippen LogP contribution is -2.49. The van der Waals surface area contributed by atoms with E-state index >= 15 is 0 Å². The van der Waals surface area contributed by atoms with Gasteiger partial charge in [-0.2, -0.15) is 18.3 Å². The highest BCUT2D eigenvalue weighted by Gasteiger charge is 2.38. The molecule has 1 aliphatic carbocycles. The number of hydrogen-bond donors (Lipinski definition) is 2. The van der Waals surface area contributed by atoms with Gasteiger partial charge in [0, 0.05) is 55.5 Å². The van der Waals surface area contributed by atoms with Gasteiger partial charge in [0.25, 0.3) is 5.91 Å². The smallest absolute Gasteiger partial charge is 0.475 e. The number of fused-ring (bicyclic) bond motifs is 1. The van der Waals surface area contributed by atoms with Crippen LogP contribution in [0.3, 0.4) is 0 Å². The molecule has 2 aromatic heterocycles. The molecule has 2 aromatic rings. The molecule has 1 saturated heterocycles. The maximum absolute atomic E-state index is 12.7. The number of carboxylic acids is 1. The van der Waals surface area contributed by atoms with Gasteiger partial charge < -0.3 is 14.9 Å². The maximum Gasteiger partial charge on any atom is 0.490 e. The summed E-state index contributed by atoms with van der Waals surface area (Å²) in [6.07, 6.45) is 1.75. The maximum atomic E-state index is 12.7. The van der Waals surface area contributed by atoms with Gasteiger partial charge in [-0.05, 0) is 37.8 Å². The lowest BCUT2D eigenvalue weighted by atomic mass is 10.1. The Balaban J connectivity index is 0.000000318. The molecule has 0 bridgehead atoms. The third-order valence-electron chi connectivity index (χ3n) is 5.15. The zero-order chi connectivity index (χ0) is 21.9. The molecule has 2 N–H and O–H groups in total. The van der Waals surface area contributed by atoms with E-state index in [1.165, 1.54) is 11.3 Å². The number of carbonyl (C=O) groups is 2. The lowest BCUT2D eigenvalue weighted by Gasteiger charge is -2.36. The molecule has 2 aliphatic rings. The first-order chi connectivity index (χ1) is 14.2. The van der Waals surface area contributed by atoms with Crippen molar-refractivity contribution in [1.29, 1.82) is 0 Å². The number of pyridine rings is 1. The molecular weight excluding hydrogens is 403 g/mol. The summed E-state index contributed by atoms with van der Waals surface area (Å²) in [5, 5.41) is 14.4. The van der Waals surface area contributed by atoms with E-state index in [1.807, 2.05) is 23.4 Å². The van der Waals surface area contributed by atoms with Crippen LogP contribution < -0.4 is 4.90 Å². The fraction of sp³-hybridized carbons (Fsp3) is 0.474. The third kappa shape index (κ3) is 4.71. The second kappa shape index (κ2) is 8.72. The first-order valence-corrected chi connectivity index (χ1v) is 9.49. The number of halogens is 3. The van der Waals surface area contributed by atoms with E-state index in [-0.39, 0.29) is 5.91 Å². The molecule has 30 heavy (non-hydrogen) atoms. The van der Waals surface area contributed by atoms with Crippen molar-refractivity contribution in [2.75, 3.05) is 31.1 Å². The van der Waals surface area contributed by atoms with Crippen LogP contribution in [0.25, 0.3) is 0 Å². The van der Waals surface area contributed by atoms with E-state index in [1.54, 1.807) is 0 Å². The van der Waals surface area contributed by atoms with Crippen molar-refractivity contribution in [3.63, 3.8) is 0 Å². The topological polar surface area (TPSA) is 102 Å². The summed E-state index contributed by atoms with van der Waals surface area (Å²) in [6.45, 7) is 5.25. The highest BCUT2D eigenvalue weighted by atomic mass is 19.4. The molecule has 3 heterocycles. The Morgan fingerprint density at radius 1 is 1.17 bits per heavy atom. The van der Waals surface area contributed by atoms with E-state index in [0.717, 1.165) is 56.7 Å². The number of aromatic nitrogens is 3. The molecule has 0 atom stereocenters. The number of rotatable bonds is 2. The number of nitrogens with zero attached hydrogens (tertiary/aromatic N) is 4. The van der Waals surface area contributed by atoms with E-state index in [2.05, 4.69) is 27.0 Å². The number of nitrogens with one attached hydrogen (secondary N) is 1. The van der Waals surface area contributed by atoms with Gasteiger partial charge >= 0.3 is 12.1 Å². The number of H-pyrrole nitrogens is 1. The van der Waals surface area contributed by atoms with Gasteiger partial charge in [-0.1, -0.05) is 0 Å². The Morgan fingerprint density at radius 3 is 2.43 bits per heavy atom. The molecular formula is C19H22F3N5O3. The molecule has 11 heteroatoms. The SMILES string of the molecule is Cc1cnccc1N1CCN(C(=O)c2n[nH]c3c2CCC3)CC1.O=C(O)C(F)(F)F. The van der Waals surface area contributed by atoms with Crippen molar-refractivity contribution >= 4 is 17.6 Å². The standard InChI is InChI=1S/C17H21N5O.C2HF3O2/c1-12-11-18-6-5-15(12)21-7-9-22(10-8-21)17(23)16-13-3-2-4-14(13)19-20-16;3-2(4,5)1(6)7/h5-6,11H,2-4,7-10H2,1H3,(H,19,20);(H,6,7). The fourth-order valence-corrected chi connectivity index (χ4v) is 3.62. The number of amides is 1. The van der Waals surface area contributed by atoms with E-state index < -0.39 is 12.1 Å². The summed E-state index contributed by atoms with van der Waals surface area (Å²) in [5.74, 6) is -2.68. The van der Waals surface area contributed by atoms with Crippen molar-refractivity contribution in [2.24, 2.45) is 0 Å². The molecule has 8 nitrogen and oxygen atoms in total. The Labute approximate surface area is 170 Å². The Morgan fingerprint density at radius 2 is 1.83 bits per heavy atom. The van der Waals surface area contributed by atoms with Gasteiger partial charge in [-0.15, -0.1) is 0 Å². The average Bonchev–Trinajstić information content (AvgIpc) is 3.32. The average molecular weight is 425 g/mol. The summed E-state index contributed by atoms with van der Waals surface area (Å²) in [5.41, 5.74) is 5.33. The number of carboxylic acid groups (broad SMARTS) is 1. The summed E-state index contributed by atoms with van der Waals surface area (Å²) >= 11 is 0. The van der Waals surface area contributed by atoms with Crippen LogP contribution in [0, 0.1) is 6.92 Å². The number of aryl methyl sites for hydroxylation is 2.